The van der Waals surface area contributed by atoms with Crippen molar-refractivity contribution in [2.24, 2.45) is 5.73 Å². The summed E-state index contributed by atoms with van der Waals surface area (Å²) in [5.74, 6) is -0.616. The standard InChI is InChI=1S/C4H5NO3/c5-3(6)4-7-1-2-8-4/h1-2,4H,(H2,5,6). The van der Waals surface area contributed by atoms with Crippen LogP contribution in [0.1, 0.15) is 0 Å². The zero-order chi connectivity index (χ0) is 5.98. The normalized spacial score (nSPS) is 17.5. The molecule has 1 rings (SSSR count). The molecule has 1 aliphatic rings. The molecule has 1 aliphatic heterocycles. The zero-order valence-electron chi connectivity index (χ0n) is 4.03. The minimum absolute atomic E-state index is 0.616. The van der Waals surface area contributed by atoms with E-state index in [1.54, 1.807) is 0 Å². The summed E-state index contributed by atoms with van der Waals surface area (Å²) in [5.41, 5.74) is 4.77. The highest BCUT2D eigenvalue weighted by Crippen LogP contribution is 2.02. The third-order valence-corrected chi connectivity index (χ3v) is 0.692. The lowest BCUT2D eigenvalue weighted by Crippen LogP contribution is -2.28. The molecule has 0 fully saturated rings. The van der Waals surface area contributed by atoms with Gasteiger partial charge in [-0.05, 0) is 0 Å². The fourth-order valence-corrected chi connectivity index (χ4v) is 0.373. The van der Waals surface area contributed by atoms with Gasteiger partial charge in [-0.25, -0.2) is 0 Å². The molecule has 2 N–H and O–H groups in total. The number of carbonyl (C=O) groups excluding carboxylic acids is 1. The summed E-state index contributed by atoms with van der Waals surface area (Å²) in [6.07, 6.45) is 1.64. The lowest BCUT2D eigenvalue weighted by molar-refractivity contribution is -0.140. The number of rotatable bonds is 1. The fourth-order valence-electron chi connectivity index (χ4n) is 0.373. The van der Waals surface area contributed by atoms with Crippen LogP contribution in [0.5, 0.6) is 0 Å². The van der Waals surface area contributed by atoms with Crippen molar-refractivity contribution in [2.75, 3.05) is 0 Å². The van der Waals surface area contributed by atoms with Crippen LogP contribution in [-0.4, -0.2) is 12.2 Å². The van der Waals surface area contributed by atoms with Crippen LogP contribution in [-0.2, 0) is 14.3 Å². The van der Waals surface area contributed by atoms with Crippen molar-refractivity contribution in [3.8, 4) is 0 Å². The van der Waals surface area contributed by atoms with Crippen LogP contribution >= 0.6 is 0 Å². The number of carbonyl (C=O) groups is 1. The molecule has 44 valence electrons. The second-order valence-corrected chi connectivity index (χ2v) is 1.28. The first kappa shape index (κ1) is 4.96. The molecule has 0 radical (unpaired) electrons. The largest absolute Gasteiger partial charge is 0.451 e. The van der Waals surface area contributed by atoms with Crippen LogP contribution in [0.25, 0.3) is 0 Å². The molecule has 1 heterocycles. The van der Waals surface area contributed by atoms with Gasteiger partial charge in [0.15, 0.2) is 0 Å². The van der Waals surface area contributed by atoms with Crippen molar-refractivity contribution in [3.05, 3.63) is 12.5 Å². The zero-order valence-corrected chi connectivity index (χ0v) is 4.03. The number of nitrogens with two attached hydrogens (primary N) is 1. The molecule has 0 aliphatic carbocycles. The van der Waals surface area contributed by atoms with Gasteiger partial charge in [0.25, 0.3) is 5.91 Å². The van der Waals surface area contributed by atoms with Gasteiger partial charge in [0.05, 0.1) is 0 Å². The van der Waals surface area contributed by atoms with Crippen LogP contribution in [0.15, 0.2) is 12.5 Å². The Morgan fingerprint density at radius 3 is 2.25 bits per heavy atom. The van der Waals surface area contributed by atoms with E-state index in [1.807, 2.05) is 0 Å². The highest BCUT2D eigenvalue weighted by molar-refractivity contribution is 5.77. The van der Waals surface area contributed by atoms with E-state index in [2.05, 4.69) is 9.47 Å². The SMILES string of the molecule is NC(=O)C1OC=CO1. The van der Waals surface area contributed by atoms with E-state index in [0.717, 1.165) is 0 Å². The third kappa shape index (κ3) is 0.726. The average molecular weight is 115 g/mol. The van der Waals surface area contributed by atoms with Crippen molar-refractivity contribution < 1.29 is 14.3 Å². The first-order valence-corrected chi connectivity index (χ1v) is 2.06. The number of primary amides is 1. The molecule has 4 nitrogen and oxygen atoms in total. The summed E-state index contributed by atoms with van der Waals surface area (Å²) in [6.45, 7) is 0. The Balaban J connectivity index is 2.41. The summed E-state index contributed by atoms with van der Waals surface area (Å²) >= 11 is 0. The summed E-state index contributed by atoms with van der Waals surface area (Å²) in [4.78, 5) is 10.1. The molecule has 0 aromatic carbocycles. The molecule has 4 heteroatoms. The van der Waals surface area contributed by atoms with Gasteiger partial charge in [-0.3, -0.25) is 4.79 Å². The van der Waals surface area contributed by atoms with Crippen molar-refractivity contribution in [1.82, 2.24) is 0 Å². The Morgan fingerprint density at radius 1 is 1.50 bits per heavy atom. The van der Waals surface area contributed by atoms with E-state index in [9.17, 15) is 4.79 Å². The van der Waals surface area contributed by atoms with Gasteiger partial charge in [-0.2, -0.15) is 0 Å². The van der Waals surface area contributed by atoms with Gasteiger partial charge in [-0.15, -0.1) is 0 Å². The quantitative estimate of drug-likeness (QED) is 0.492. The van der Waals surface area contributed by atoms with Gasteiger partial charge in [0.1, 0.15) is 12.5 Å². The van der Waals surface area contributed by atoms with Crippen LogP contribution in [0.4, 0.5) is 0 Å². The van der Waals surface area contributed by atoms with Crippen molar-refractivity contribution in [3.63, 3.8) is 0 Å². The van der Waals surface area contributed by atoms with Gasteiger partial charge < -0.3 is 15.2 Å². The van der Waals surface area contributed by atoms with Crippen LogP contribution in [0.3, 0.4) is 0 Å². The van der Waals surface area contributed by atoms with Gasteiger partial charge in [-0.1, -0.05) is 0 Å². The molecule has 8 heavy (non-hydrogen) atoms. The maximum Gasteiger partial charge on any atom is 0.320 e. The van der Waals surface area contributed by atoms with Gasteiger partial charge >= 0.3 is 6.29 Å². The highest BCUT2D eigenvalue weighted by atomic mass is 16.7. The average Bonchev–Trinajstić information content (AvgIpc) is 2.12. The number of ether oxygens (including phenoxy) is 2. The second kappa shape index (κ2) is 1.73. The molecule has 0 atom stereocenters. The Hall–Kier alpha value is -1.19. The molecule has 0 spiro atoms. The van der Waals surface area contributed by atoms with Crippen molar-refractivity contribution >= 4 is 5.91 Å². The van der Waals surface area contributed by atoms with Crippen molar-refractivity contribution in [1.29, 1.82) is 0 Å². The lowest BCUT2D eigenvalue weighted by atomic mass is 10.6. The molecule has 0 saturated heterocycles. The van der Waals surface area contributed by atoms with Crippen molar-refractivity contribution in [2.45, 2.75) is 6.29 Å². The van der Waals surface area contributed by atoms with Gasteiger partial charge in [0, 0.05) is 0 Å². The summed E-state index contributed by atoms with van der Waals surface area (Å²) in [7, 11) is 0. The summed E-state index contributed by atoms with van der Waals surface area (Å²) in [5, 5.41) is 0. The van der Waals surface area contributed by atoms with E-state index in [-0.39, 0.29) is 0 Å². The molecule has 0 unspecified atom stereocenters. The Bertz CT molecular complexity index is 123. The maximum atomic E-state index is 10.1. The van der Waals surface area contributed by atoms with Gasteiger partial charge in [0.2, 0.25) is 0 Å². The molecule has 0 aromatic rings. The summed E-state index contributed by atoms with van der Waals surface area (Å²) < 4.78 is 9.07. The Morgan fingerprint density at radius 2 is 2.00 bits per heavy atom. The lowest BCUT2D eigenvalue weighted by Gasteiger charge is -2.02. The molecule has 0 saturated carbocycles. The predicted molar refractivity (Wildman–Crippen MR) is 24.3 cm³/mol. The van der Waals surface area contributed by atoms with E-state index in [1.165, 1.54) is 12.5 Å². The molecular formula is C4H5NO3. The number of hydrogen-bond donors (Lipinski definition) is 1. The smallest absolute Gasteiger partial charge is 0.320 e. The fraction of sp³-hybridized carbons (Fsp3) is 0.250. The number of amides is 1. The molecule has 0 bridgehead atoms. The number of hydrogen-bond acceptors (Lipinski definition) is 3. The summed E-state index contributed by atoms with van der Waals surface area (Å²) in [6, 6.07) is 0. The Kier molecular flexibility index (Phi) is 1.07. The minimum atomic E-state index is -0.907. The monoisotopic (exact) mass is 115 g/mol. The third-order valence-electron chi connectivity index (χ3n) is 0.692. The molecule has 0 aromatic heterocycles. The van der Waals surface area contributed by atoms with E-state index in [4.69, 9.17) is 5.73 Å². The second-order valence-electron chi connectivity index (χ2n) is 1.28. The minimum Gasteiger partial charge on any atom is -0.451 e. The molecular weight excluding hydrogens is 110 g/mol. The first-order chi connectivity index (χ1) is 3.80. The van der Waals surface area contributed by atoms with E-state index >= 15 is 0 Å². The van der Waals surface area contributed by atoms with E-state index in [0.29, 0.717) is 0 Å². The van der Waals surface area contributed by atoms with E-state index < -0.39 is 12.2 Å². The highest BCUT2D eigenvalue weighted by Gasteiger charge is 2.17. The van der Waals surface area contributed by atoms with Crippen LogP contribution < -0.4 is 5.73 Å². The Labute approximate surface area is 45.9 Å². The molecule has 1 amide bonds. The van der Waals surface area contributed by atoms with Crippen LogP contribution in [0, 0.1) is 0 Å². The topological polar surface area (TPSA) is 61.6 Å². The predicted octanol–water partition coefficient (Wildman–Crippen LogP) is -0.684. The first-order valence-electron chi connectivity index (χ1n) is 2.06. The maximum absolute atomic E-state index is 10.1. The van der Waals surface area contributed by atoms with Crippen LogP contribution in [0.2, 0.25) is 0 Å².